The van der Waals surface area contributed by atoms with Crippen LogP contribution in [-0.2, 0) is 13.0 Å². The molecule has 1 heterocycles. The maximum atomic E-state index is 13.0. The zero-order valence-electron chi connectivity index (χ0n) is 19.3. The third kappa shape index (κ3) is 5.20. The van der Waals surface area contributed by atoms with E-state index in [-0.39, 0.29) is 11.2 Å². The van der Waals surface area contributed by atoms with Crippen LogP contribution in [0.2, 0.25) is 0 Å². The van der Waals surface area contributed by atoms with Gasteiger partial charge in [0.25, 0.3) is 0 Å². The second-order valence-corrected chi connectivity index (χ2v) is 8.00. The lowest BCUT2D eigenvalue weighted by molar-refractivity contribution is 0.305. The highest BCUT2D eigenvalue weighted by Gasteiger charge is 2.12. The Balaban J connectivity index is 1.30. The van der Waals surface area contributed by atoms with Crippen molar-refractivity contribution in [1.29, 1.82) is 0 Å². The van der Waals surface area contributed by atoms with E-state index in [0.717, 1.165) is 29.0 Å². The SMILES string of the molecule is CCc1ccccc1Oc1coc2cc(OCc3cccc(Oc4ccccc4)c3)ccc2c1=O. The monoisotopic (exact) mass is 464 g/mol. The van der Waals surface area contributed by atoms with Gasteiger partial charge in [0.15, 0.2) is 0 Å². The van der Waals surface area contributed by atoms with E-state index in [1.165, 1.54) is 6.26 Å². The Labute approximate surface area is 203 Å². The van der Waals surface area contributed by atoms with Crippen molar-refractivity contribution >= 4 is 11.0 Å². The number of hydrogen-bond donors (Lipinski definition) is 0. The summed E-state index contributed by atoms with van der Waals surface area (Å²) in [6, 6.07) is 30.2. The van der Waals surface area contributed by atoms with E-state index >= 15 is 0 Å². The Morgan fingerprint density at radius 2 is 1.51 bits per heavy atom. The lowest BCUT2D eigenvalue weighted by Crippen LogP contribution is -2.06. The number of hydrogen-bond acceptors (Lipinski definition) is 5. The predicted molar refractivity (Wildman–Crippen MR) is 136 cm³/mol. The van der Waals surface area contributed by atoms with Crippen LogP contribution in [0.4, 0.5) is 0 Å². The van der Waals surface area contributed by atoms with Crippen molar-refractivity contribution in [2.45, 2.75) is 20.0 Å². The maximum Gasteiger partial charge on any atom is 0.235 e. The molecule has 0 aliphatic heterocycles. The zero-order valence-corrected chi connectivity index (χ0v) is 19.3. The van der Waals surface area contributed by atoms with E-state index in [9.17, 15) is 4.79 Å². The molecular formula is C30H24O5. The topological polar surface area (TPSA) is 57.9 Å². The van der Waals surface area contributed by atoms with Crippen molar-refractivity contribution in [1.82, 2.24) is 0 Å². The van der Waals surface area contributed by atoms with Gasteiger partial charge in [0, 0.05) is 6.07 Å². The van der Waals surface area contributed by atoms with Crippen LogP contribution >= 0.6 is 0 Å². The van der Waals surface area contributed by atoms with Crippen molar-refractivity contribution in [3.63, 3.8) is 0 Å². The molecule has 5 heteroatoms. The minimum Gasteiger partial charge on any atom is -0.489 e. The molecule has 5 aromatic rings. The molecule has 0 radical (unpaired) electrons. The van der Waals surface area contributed by atoms with Crippen molar-refractivity contribution in [3.05, 3.63) is 125 Å². The molecule has 5 nitrogen and oxygen atoms in total. The third-order valence-electron chi connectivity index (χ3n) is 5.57. The van der Waals surface area contributed by atoms with Crippen LogP contribution in [0.5, 0.6) is 28.7 Å². The van der Waals surface area contributed by atoms with Gasteiger partial charge < -0.3 is 18.6 Å². The lowest BCUT2D eigenvalue weighted by Gasteiger charge is -2.11. The smallest absolute Gasteiger partial charge is 0.235 e. The molecule has 0 bridgehead atoms. The summed E-state index contributed by atoms with van der Waals surface area (Å²) >= 11 is 0. The number of para-hydroxylation sites is 2. The van der Waals surface area contributed by atoms with Crippen molar-refractivity contribution in [2.75, 3.05) is 0 Å². The number of fused-ring (bicyclic) bond motifs is 1. The minimum absolute atomic E-state index is 0.155. The first kappa shape index (κ1) is 22.3. The summed E-state index contributed by atoms with van der Waals surface area (Å²) in [7, 11) is 0. The van der Waals surface area contributed by atoms with Crippen molar-refractivity contribution in [3.8, 4) is 28.7 Å². The fourth-order valence-electron chi connectivity index (χ4n) is 3.76. The molecular weight excluding hydrogens is 440 g/mol. The molecule has 0 N–H and O–H groups in total. The van der Waals surface area contributed by atoms with Crippen molar-refractivity contribution in [2.24, 2.45) is 0 Å². The highest BCUT2D eigenvalue weighted by Crippen LogP contribution is 2.27. The van der Waals surface area contributed by atoms with E-state index in [1.54, 1.807) is 18.2 Å². The maximum absolute atomic E-state index is 13.0. The highest BCUT2D eigenvalue weighted by molar-refractivity contribution is 5.79. The van der Waals surface area contributed by atoms with Gasteiger partial charge in [-0.25, -0.2) is 0 Å². The van der Waals surface area contributed by atoms with Gasteiger partial charge >= 0.3 is 0 Å². The average Bonchev–Trinajstić information content (AvgIpc) is 2.90. The second kappa shape index (κ2) is 10.2. The summed E-state index contributed by atoms with van der Waals surface area (Å²) < 4.78 is 23.4. The normalized spacial score (nSPS) is 10.8. The fraction of sp³-hybridized carbons (Fsp3) is 0.100. The molecule has 0 fully saturated rings. The van der Waals surface area contributed by atoms with Crippen LogP contribution in [0.3, 0.4) is 0 Å². The molecule has 174 valence electrons. The Morgan fingerprint density at radius 1 is 0.714 bits per heavy atom. The molecule has 0 amide bonds. The number of rotatable bonds is 8. The van der Waals surface area contributed by atoms with Gasteiger partial charge in [0.05, 0.1) is 5.39 Å². The summed E-state index contributed by atoms with van der Waals surface area (Å²) in [6.07, 6.45) is 2.16. The average molecular weight is 465 g/mol. The zero-order chi connectivity index (χ0) is 24.0. The first-order valence-electron chi connectivity index (χ1n) is 11.5. The number of aryl methyl sites for hydroxylation is 1. The van der Waals surface area contributed by atoms with Crippen LogP contribution in [0, 0.1) is 0 Å². The first-order valence-corrected chi connectivity index (χ1v) is 11.5. The molecule has 0 aliphatic rings. The van der Waals surface area contributed by atoms with E-state index in [0.29, 0.717) is 29.1 Å². The van der Waals surface area contributed by atoms with Gasteiger partial charge in [0.1, 0.15) is 41.5 Å². The number of ether oxygens (including phenoxy) is 3. The summed E-state index contributed by atoms with van der Waals surface area (Å²) in [5.41, 5.74) is 2.19. The third-order valence-corrected chi connectivity index (χ3v) is 5.57. The molecule has 0 atom stereocenters. The van der Waals surface area contributed by atoms with Crippen LogP contribution in [0.25, 0.3) is 11.0 Å². The predicted octanol–water partition coefficient (Wildman–Crippen LogP) is 7.52. The van der Waals surface area contributed by atoms with E-state index in [2.05, 4.69) is 0 Å². The molecule has 1 aromatic heterocycles. The molecule has 4 aromatic carbocycles. The summed E-state index contributed by atoms with van der Waals surface area (Å²) in [4.78, 5) is 13.0. The van der Waals surface area contributed by atoms with E-state index in [1.807, 2.05) is 85.8 Å². The molecule has 0 spiro atoms. The molecule has 35 heavy (non-hydrogen) atoms. The molecule has 0 aliphatic carbocycles. The Bertz CT molecular complexity index is 1500. The quantitative estimate of drug-likeness (QED) is 0.238. The van der Waals surface area contributed by atoms with Crippen LogP contribution in [0.1, 0.15) is 18.1 Å². The van der Waals surface area contributed by atoms with Crippen LogP contribution in [0.15, 0.2) is 113 Å². The van der Waals surface area contributed by atoms with Gasteiger partial charge in [-0.15, -0.1) is 0 Å². The molecule has 0 saturated heterocycles. The molecule has 5 rings (SSSR count). The first-order chi connectivity index (χ1) is 17.2. The molecule has 0 saturated carbocycles. The van der Waals surface area contributed by atoms with Crippen molar-refractivity contribution < 1.29 is 18.6 Å². The van der Waals surface area contributed by atoms with Gasteiger partial charge in [-0.05, 0) is 60.0 Å². The lowest BCUT2D eigenvalue weighted by atomic mass is 10.1. The van der Waals surface area contributed by atoms with Crippen LogP contribution in [-0.4, -0.2) is 0 Å². The minimum atomic E-state index is -0.227. The fourth-order valence-corrected chi connectivity index (χ4v) is 3.76. The summed E-state index contributed by atoms with van der Waals surface area (Å²) in [6.45, 7) is 2.38. The molecule has 0 unspecified atom stereocenters. The Hall–Kier alpha value is -4.51. The summed E-state index contributed by atoms with van der Waals surface area (Å²) in [5, 5.41) is 0.432. The van der Waals surface area contributed by atoms with E-state index in [4.69, 9.17) is 18.6 Å². The van der Waals surface area contributed by atoms with E-state index < -0.39 is 0 Å². The largest absolute Gasteiger partial charge is 0.489 e. The van der Waals surface area contributed by atoms with Gasteiger partial charge in [-0.2, -0.15) is 0 Å². The highest BCUT2D eigenvalue weighted by atomic mass is 16.5. The summed E-state index contributed by atoms with van der Waals surface area (Å²) in [5.74, 6) is 2.91. The van der Waals surface area contributed by atoms with Gasteiger partial charge in [-0.1, -0.05) is 55.5 Å². The Morgan fingerprint density at radius 3 is 2.37 bits per heavy atom. The standard InChI is InChI=1S/C30H24O5/c1-2-22-10-6-7-14-27(22)35-29-20-33-28-18-24(15-16-26(28)30(29)31)32-19-21-9-8-13-25(17-21)34-23-11-4-3-5-12-23/h3-18,20H,2,19H2,1H3. The Kier molecular flexibility index (Phi) is 6.48. The van der Waals surface area contributed by atoms with Crippen LogP contribution < -0.4 is 19.6 Å². The van der Waals surface area contributed by atoms with Gasteiger partial charge in [-0.3, -0.25) is 4.79 Å². The number of benzene rings is 4. The second-order valence-electron chi connectivity index (χ2n) is 8.00. The van der Waals surface area contributed by atoms with Gasteiger partial charge in [0.2, 0.25) is 11.2 Å².